The minimum absolute atomic E-state index is 0.268. The average molecular weight is 351 g/mol. The highest BCUT2D eigenvalue weighted by Crippen LogP contribution is 2.39. The van der Waals surface area contributed by atoms with Crippen molar-refractivity contribution in [2.75, 3.05) is 6.54 Å². The number of piperidine rings is 1. The van der Waals surface area contributed by atoms with Gasteiger partial charge in [-0.05, 0) is 66.4 Å². The van der Waals surface area contributed by atoms with E-state index in [1.807, 2.05) is 6.07 Å². The van der Waals surface area contributed by atoms with Crippen LogP contribution in [0.2, 0.25) is 0 Å². The van der Waals surface area contributed by atoms with E-state index in [-0.39, 0.29) is 5.91 Å². The Kier molecular flexibility index (Phi) is 3.60. The lowest BCUT2D eigenvalue weighted by atomic mass is 9.78. The third kappa shape index (κ3) is 2.56. The average Bonchev–Trinajstić information content (AvgIpc) is 3.28. The van der Waals surface area contributed by atoms with Crippen molar-refractivity contribution in [3.63, 3.8) is 0 Å². The summed E-state index contributed by atoms with van der Waals surface area (Å²) in [7, 11) is 0. The lowest BCUT2D eigenvalue weighted by molar-refractivity contribution is 0.0380. The van der Waals surface area contributed by atoms with Crippen LogP contribution in [0.5, 0.6) is 0 Å². The van der Waals surface area contributed by atoms with Crippen molar-refractivity contribution in [1.82, 2.24) is 9.47 Å². The molecule has 3 fully saturated rings. The maximum absolute atomic E-state index is 13.1. The Bertz CT molecular complexity index is 547. The van der Waals surface area contributed by atoms with Crippen LogP contribution in [0.1, 0.15) is 67.9 Å². The summed E-state index contributed by atoms with van der Waals surface area (Å²) in [6.45, 7) is 0.952. The number of carbonyl (C=O) groups is 1. The zero-order chi connectivity index (χ0) is 14.4. The van der Waals surface area contributed by atoms with Gasteiger partial charge in [0.15, 0.2) is 0 Å². The quantitative estimate of drug-likeness (QED) is 0.776. The van der Waals surface area contributed by atoms with Gasteiger partial charge in [0.2, 0.25) is 0 Å². The summed E-state index contributed by atoms with van der Waals surface area (Å²) in [5.41, 5.74) is 0.899. The molecule has 4 heteroatoms. The number of rotatable bonds is 2. The minimum Gasteiger partial charge on any atom is -0.339 e. The molecule has 0 bridgehead atoms. The normalized spacial score (nSPS) is 29.3. The van der Waals surface area contributed by atoms with Crippen LogP contribution in [0.15, 0.2) is 16.7 Å². The Morgan fingerprint density at radius 3 is 2.67 bits per heavy atom. The molecule has 2 aliphatic carbocycles. The SMILES string of the molecule is O=C(c1cc(Br)cn1C1CC1)N1CCC[C@H]2CCCC[C@H]21. The first kappa shape index (κ1) is 13.9. The number of carbonyl (C=O) groups excluding carboxylic acids is 1. The molecule has 0 aromatic carbocycles. The van der Waals surface area contributed by atoms with Crippen LogP contribution in [0.3, 0.4) is 0 Å². The Morgan fingerprint density at radius 1 is 1.10 bits per heavy atom. The number of hydrogen-bond acceptors (Lipinski definition) is 1. The number of hydrogen-bond donors (Lipinski definition) is 0. The third-order valence-electron chi connectivity index (χ3n) is 5.48. The van der Waals surface area contributed by atoms with Crippen LogP contribution >= 0.6 is 15.9 Å². The van der Waals surface area contributed by atoms with E-state index in [9.17, 15) is 4.79 Å². The molecule has 114 valence electrons. The number of amides is 1. The first-order valence-electron chi connectivity index (χ1n) is 8.42. The minimum atomic E-state index is 0.268. The molecule has 2 saturated carbocycles. The second kappa shape index (κ2) is 5.45. The Hall–Kier alpha value is -0.770. The second-order valence-corrected chi connectivity index (χ2v) is 7.85. The molecule has 4 rings (SSSR count). The summed E-state index contributed by atoms with van der Waals surface area (Å²) in [6.07, 6.45) is 12.2. The van der Waals surface area contributed by atoms with Crippen molar-refractivity contribution in [2.24, 2.45) is 5.92 Å². The topological polar surface area (TPSA) is 25.2 Å². The molecule has 1 aliphatic heterocycles. The maximum atomic E-state index is 13.1. The van der Waals surface area contributed by atoms with E-state index in [1.54, 1.807) is 0 Å². The number of halogens is 1. The molecule has 0 unspecified atom stereocenters. The molecule has 0 radical (unpaired) electrons. The largest absolute Gasteiger partial charge is 0.339 e. The molecular formula is C17H23BrN2O. The molecule has 2 atom stereocenters. The van der Waals surface area contributed by atoms with Crippen LogP contribution in [0.25, 0.3) is 0 Å². The monoisotopic (exact) mass is 350 g/mol. The number of aromatic nitrogens is 1. The van der Waals surface area contributed by atoms with E-state index in [0.717, 1.165) is 22.6 Å². The molecule has 1 amide bonds. The van der Waals surface area contributed by atoms with Gasteiger partial charge in [-0.25, -0.2) is 0 Å². The van der Waals surface area contributed by atoms with Gasteiger partial charge in [-0.3, -0.25) is 4.79 Å². The van der Waals surface area contributed by atoms with Gasteiger partial charge in [0.25, 0.3) is 5.91 Å². The van der Waals surface area contributed by atoms with E-state index in [0.29, 0.717) is 12.1 Å². The van der Waals surface area contributed by atoms with Gasteiger partial charge in [0.1, 0.15) is 5.69 Å². The number of fused-ring (bicyclic) bond motifs is 1. The molecule has 2 heterocycles. The highest BCUT2D eigenvalue weighted by atomic mass is 79.9. The molecular weight excluding hydrogens is 328 g/mol. The van der Waals surface area contributed by atoms with Gasteiger partial charge in [-0.2, -0.15) is 0 Å². The highest BCUT2D eigenvalue weighted by Gasteiger charge is 2.38. The molecule has 0 N–H and O–H groups in total. The summed E-state index contributed by atoms with van der Waals surface area (Å²) >= 11 is 3.55. The fraction of sp³-hybridized carbons (Fsp3) is 0.706. The van der Waals surface area contributed by atoms with E-state index in [1.165, 1.54) is 51.4 Å². The van der Waals surface area contributed by atoms with Crippen molar-refractivity contribution < 1.29 is 4.79 Å². The fourth-order valence-corrected chi connectivity index (χ4v) is 4.73. The molecule has 1 aromatic rings. The summed E-state index contributed by atoms with van der Waals surface area (Å²) < 4.78 is 3.24. The first-order chi connectivity index (χ1) is 10.2. The molecule has 3 nitrogen and oxygen atoms in total. The van der Waals surface area contributed by atoms with Crippen LogP contribution in [0.4, 0.5) is 0 Å². The van der Waals surface area contributed by atoms with Crippen molar-refractivity contribution in [3.05, 3.63) is 22.4 Å². The van der Waals surface area contributed by atoms with Gasteiger partial charge < -0.3 is 9.47 Å². The van der Waals surface area contributed by atoms with Gasteiger partial charge in [-0.15, -0.1) is 0 Å². The molecule has 0 spiro atoms. The second-order valence-electron chi connectivity index (χ2n) is 6.93. The lowest BCUT2D eigenvalue weighted by Gasteiger charge is -2.44. The van der Waals surface area contributed by atoms with Crippen molar-refractivity contribution in [2.45, 2.75) is 63.5 Å². The zero-order valence-corrected chi connectivity index (χ0v) is 14.0. The molecule has 1 saturated heterocycles. The van der Waals surface area contributed by atoms with Gasteiger partial charge in [-0.1, -0.05) is 12.8 Å². The van der Waals surface area contributed by atoms with Crippen molar-refractivity contribution >= 4 is 21.8 Å². The summed E-state index contributed by atoms with van der Waals surface area (Å²) in [5.74, 6) is 1.02. The van der Waals surface area contributed by atoms with E-state index in [2.05, 4.69) is 31.6 Å². The molecule has 21 heavy (non-hydrogen) atoms. The Morgan fingerprint density at radius 2 is 1.86 bits per heavy atom. The number of nitrogens with zero attached hydrogens (tertiary/aromatic N) is 2. The van der Waals surface area contributed by atoms with Gasteiger partial charge in [0.05, 0.1) is 0 Å². The van der Waals surface area contributed by atoms with Crippen LogP contribution in [0, 0.1) is 5.92 Å². The van der Waals surface area contributed by atoms with Crippen molar-refractivity contribution in [3.8, 4) is 0 Å². The van der Waals surface area contributed by atoms with Crippen LogP contribution in [-0.4, -0.2) is 28.0 Å². The number of likely N-dealkylation sites (tertiary alicyclic amines) is 1. The third-order valence-corrected chi connectivity index (χ3v) is 5.91. The van der Waals surface area contributed by atoms with Crippen molar-refractivity contribution in [1.29, 1.82) is 0 Å². The van der Waals surface area contributed by atoms with Gasteiger partial charge in [0, 0.05) is 29.3 Å². The standard InChI is InChI=1S/C17H23BrN2O/c18-13-10-16(20(11-13)14-7-8-14)17(21)19-9-3-5-12-4-1-2-6-15(12)19/h10-12,14-15H,1-9H2/t12-,15-/m1/s1. The predicted molar refractivity (Wildman–Crippen MR) is 86.4 cm³/mol. The summed E-state index contributed by atoms with van der Waals surface area (Å²) in [4.78, 5) is 15.3. The highest BCUT2D eigenvalue weighted by molar-refractivity contribution is 9.10. The Labute approximate surface area is 134 Å². The predicted octanol–water partition coefficient (Wildman–Crippen LogP) is 4.38. The molecule has 3 aliphatic rings. The smallest absolute Gasteiger partial charge is 0.270 e. The maximum Gasteiger partial charge on any atom is 0.270 e. The molecule has 1 aromatic heterocycles. The summed E-state index contributed by atoms with van der Waals surface area (Å²) in [5, 5.41) is 0. The first-order valence-corrected chi connectivity index (χ1v) is 9.21. The van der Waals surface area contributed by atoms with E-state index >= 15 is 0 Å². The lowest BCUT2D eigenvalue weighted by Crippen LogP contribution is -2.50. The summed E-state index contributed by atoms with van der Waals surface area (Å²) in [6, 6.07) is 3.08. The fourth-order valence-electron chi connectivity index (χ4n) is 4.30. The van der Waals surface area contributed by atoms with Crippen LogP contribution < -0.4 is 0 Å². The van der Waals surface area contributed by atoms with E-state index in [4.69, 9.17) is 0 Å². The zero-order valence-electron chi connectivity index (χ0n) is 12.4. The van der Waals surface area contributed by atoms with E-state index < -0.39 is 0 Å². The Balaban J connectivity index is 1.61. The van der Waals surface area contributed by atoms with Gasteiger partial charge >= 0.3 is 0 Å². The van der Waals surface area contributed by atoms with Crippen LogP contribution in [-0.2, 0) is 0 Å².